The summed E-state index contributed by atoms with van der Waals surface area (Å²) in [6.45, 7) is 5.53. The van der Waals surface area contributed by atoms with Gasteiger partial charge in [0.05, 0.1) is 12.3 Å². The molecule has 0 radical (unpaired) electrons. The van der Waals surface area contributed by atoms with Gasteiger partial charge >= 0.3 is 0 Å². The van der Waals surface area contributed by atoms with Crippen LogP contribution in [0.25, 0.3) is 0 Å². The summed E-state index contributed by atoms with van der Waals surface area (Å²) < 4.78 is 31.6. The van der Waals surface area contributed by atoms with Crippen molar-refractivity contribution in [3.05, 3.63) is 18.3 Å². The largest absolute Gasteiger partial charge is 0.383 e. The second kappa shape index (κ2) is 7.30. The molecule has 0 aliphatic carbocycles. The van der Waals surface area contributed by atoms with Gasteiger partial charge in [-0.1, -0.05) is 0 Å². The zero-order valence-electron chi connectivity index (χ0n) is 10.6. The van der Waals surface area contributed by atoms with E-state index >= 15 is 0 Å². The van der Waals surface area contributed by atoms with Gasteiger partial charge in [0, 0.05) is 25.9 Å². The third kappa shape index (κ3) is 4.25. The van der Waals surface area contributed by atoms with Crippen molar-refractivity contribution in [3.8, 4) is 0 Å². The van der Waals surface area contributed by atoms with Crippen LogP contribution in [0.1, 0.15) is 13.8 Å². The third-order valence-electron chi connectivity index (χ3n) is 2.14. The highest BCUT2D eigenvalue weighted by atomic mass is 32.2. The molecule has 0 bridgehead atoms. The van der Waals surface area contributed by atoms with Gasteiger partial charge in [-0.25, -0.2) is 18.1 Å². The highest BCUT2D eigenvalue weighted by Crippen LogP contribution is 2.17. The SMILES string of the molecule is CCNc1cccnc1S(=O)(=O)NCCOCC. The molecule has 0 aliphatic rings. The molecule has 1 aromatic rings. The van der Waals surface area contributed by atoms with E-state index in [-0.39, 0.29) is 11.6 Å². The molecular formula is C11H19N3O3S. The van der Waals surface area contributed by atoms with Gasteiger partial charge in [-0.15, -0.1) is 0 Å². The average molecular weight is 273 g/mol. The van der Waals surface area contributed by atoms with Crippen LogP contribution >= 0.6 is 0 Å². The van der Waals surface area contributed by atoms with Crippen molar-refractivity contribution in [1.29, 1.82) is 0 Å². The molecule has 0 atom stereocenters. The lowest BCUT2D eigenvalue weighted by molar-refractivity contribution is 0.153. The summed E-state index contributed by atoms with van der Waals surface area (Å²) in [6, 6.07) is 3.38. The van der Waals surface area contributed by atoms with Crippen LogP contribution < -0.4 is 10.0 Å². The van der Waals surface area contributed by atoms with E-state index in [0.717, 1.165) is 0 Å². The van der Waals surface area contributed by atoms with Crippen molar-refractivity contribution < 1.29 is 13.2 Å². The molecule has 0 saturated heterocycles. The molecule has 0 spiro atoms. The van der Waals surface area contributed by atoms with Crippen LogP contribution in [0.4, 0.5) is 5.69 Å². The zero-order valence-corrected chi connectivity index (χ0v) is 11.5. The van der Waals surface area contributed by atoms with Crippen molar-refractivity contribution >= 4 is 15.7 Å². The Morgan fingerprint density at radius 3 is 2.83 bits per heavy atom. The fourth-order valence-corrected chi connectivity index (χ4v) is 2.51. The highest BCUT2D eigenvalue weighted by molar-refractivity contribution is 7.89. The fraction of sp³-hybridized carbons (Fsp3) is 0.545. The molecule has 0 saturated carbocycles. The molecule has 0 aromatic carbocycles. The number of pyridine rings is 1. The Bertz CT molecular complexity index is 462. The lowest BCUT2D eigenvalue weighted by Gasteiger charge is -2.10. The maximum absolute atomic E-state index is 12.0. The van der Waals surface area contributed by atoms with E-state index in [9.17, 15) is 8.42 Å². The Labute approximate surface area is 108 Å². The first kappa shape index (κ1) is 14.9. The van der Waals surface area contributed by atoms with Crippen molar-refractivity contribution in [3.63, 3.8) is 0 Å². The lowest BCUT2D eigenvalue weighted by atomic mass is 10.4. The Morgan fingerprint density at radius 2 is 2.17 bits per heavy atom. The van der Waals surface area contributed by atoms with Crippen LogP contribution in [0.2, 0.25) is 0 Å². The first-order valence-corrected chi connectivity index (χ1v) is 7.36. The monoisotopic (exact) mass is 273 g/mol. The molecule has 18 heavy (non-hydrogen) atoms. The van der Waals surface area contributed by atoms with Crippen molar-refractivity contribution in [2.45, 2.75) is 18.9 Å². The minimum absolute atomic E-state index is 0.0170. The van der Waals surface area contributed by atoms with Crippen LogP contribution in [0.15, 0.2) is 23.4 Å². The molecule has 2 N–H and O–H groups in total. The molecule has 1 aromatic heterocycles. The van der Waals surface area contributed by atoms with Crippen LogP contribution in [0.3, 0.4) is 0 Å². The molecule has 6 nitrogen and oxygen atoms in total. The van der Waals surface area contributed by atoms with Crippen molar-refractivity contribution in [1.82, 2.24) is 9.71 Å². The molecule has 1 heterocycles. The number of nitrogens with one attached hydrogen (secondary N) is 2. The van der Waals surface area contributed by atoms with Gasteiger partial charge in [0.2, 0.25) is 0 Å². The Balaban J connectivity index is 2.77. The first-order chi connectivity index (χ1) is 8.61. The normalized spacial score (nSPS) is 11.4. The predicted octanol–water partition coefficient (Wildman–Crippen LogP) is 0.828. The Hall–Kier alpha value is -1.18. The summed E-state index contributed by atoms with van der Waals surface area (Å²) in [4.78, 5) is 3.91. The van der Waals surface area contributed by atoms with E-state index < -0.39 is 10.0 Å². The molecule has 0 fully saturated rings. The maximum Gasteiger partial charge on any atom is 0.260 e. The van der Waals surface area contributed by atoms with Gasteiger partial charge in [-0.2, -0.15) is 0 Å². The molecule has 102 valence electrons. The van der Waals surface area contributed by atoms with Gasteiger partial charge < -0.3 is 10.1 Å². The van der Waals surface area contributed by atoms with Crippen molar-refractivity contribution in [2.75, 3.05) is 31.6 Å². The standard InChI is InChI=1S/C11H19N3O3S/c1-3-12-10-6-5-7-13-11(10)18(15,16)14-8-9-17-4-2/h5-7,12,14H,3-4,8-9H2,1-2H3. The number of nitrogens with zero attached hydrogens (tertiary/aromatic N) is 1. The first-order valence-electron chi connectivity index (χ1n) is 5.88. The third-order valence-corrected chi connectivity index (χ3v) is 3.55. The van der Waals surface area contributed by atoms with Gasteiger partial charge in [0.25, 0.3) is 10.0 Å². The Kier molecular flexibility index (Phi) is 6.03. The summed E-state index contributed by atoms with van der Waals surface area (Å²) in [5.74, 6) is 0. The van der Waals surface area contributed by atoms with Crippen LogP contribution in [0, 0.1) is 0 Å². The van der Waals surface area contributed by atoms with Gasteiger partial charge in [0.15, 0.2) is 5.03 Å². The van der Waals surface area contributed by atoms with Crippen LogP contribution in [-0.4, -0.2) is 39.7 Å². The number of anilines is 1. The Morgan fingerprint density at radius 1 is 1.39 bits per heavy atom. The van der Waals surface area contributed by atoms with Gasteiger partial charge in [0.1, 0.15) is 0 Å². The smallest absolute Gasteiger partial charge is 0.260 e. The van der Waals surface area contributed by atoms with E-state index in [2.05, 4.69) is 15.0 Å². The van der Waals surface area contributed by atoms with Crippen LogP contribution in [0.5, 0.6) is 0 Å². The van der Waals surface area contributed by atoms with Crippen LogP contribution in [-0.2, 0) is 14.8 Å². The number of ether oxygens (including phenoxy) is 1. The van der Waals surface area contributed by atoms with E-state index in [1.54, 1.807) is 12.1 Å². The summed E-state index contributed by atoms with van der Waals surface area (Å²) in [5, 5.41) is 2.99. The van der Waals surface area contributed by atoms with E-state index in [4.69, 9.17) is 4.74 Å². The molecule has 1 rings (SSSR count). The quantitative estimate of drug-likeness (QED) is 0.686. The lowest BCUT2D eigenvalue weighted by Crippen LogP contribution is -2.29. The zero-order chi connectivity index (χ0) is 13.4. The number of rotatable bonds is 8. The average Bonchev–Trinajstić information content (AvgIpc) is 2.36. The molecular weight excluding hydrogens is 254 g/mol. The second-order valence-electron chi connectivity index (χ2n) is 3.48. The van der Waals surface area contributed by atoms with E-state index in [0.29, 0.717) is 25.4 Å². The number of aromatic nitrogens is 1. The topological polar surface area (TPSA) is 80.3 Å². The van der Waals surface area contributed by atoms with Crippen molar-refractivity contribution in [2.24, 2.45) is 0 Å². The second-order valence-corrected chi connectivity index (χ2v) is 5.16. The summed E-state index contributed by atoms with van der Waals surface area (Å²) in [5.41, 5.74) is 0.504. The maximum atomic E-state index is 12.0. The summed E-state index contributed by atoms with van der Waals surface area (Å²) in [7, 11) is -3.60. The molecule has 0 aliphatic heterocycles. The summed E-state index contributed by atoms with van der Waals surface area (Å²) in [6.07, 6.45) is 1.46. The number of sulfonamides is 1. The minimum Gasteiger partial charge on any atom is -0.383 e. The van der Waals surface area contributed by atoms with E-state index in [1.807, 2.05) is 13.8 Å². The number of hydrogen-bond acceptors (Lipinski definition) is 5. The molecule has 0 unspecified atom stereocenters. The fourth-order valence-electron chi connectivity index (χ4n) is 1.39. The predicted molar refractivity (Wildman–Crippen MR) is 70.1 cm³/mol. The van der Waals surface area contributed by atoms with Gasteiger partial charge in [-0.3, -0.25) is 0 Å². The summed E-state index contributed by atoms with van der Waals surface area (Å²) >= 11 is 0. The minimum atomic E-state index is -3.60. The highest BCUT2D eigenvalue weighted by Gasteiger charge is 2.19. The van der Waals surface area contributed by atoms with Gasteiger partial charge in [-0.05, 0) is 26.0 Å². The number of hydrogen-bond donors (Lipinski definition) is 2. The molecule has 7 heteroatoms. The van der Waals surface area contributed by atoms with E-state index in [1.165, 1.54) is 6.20 Å². The molecule has 0 amide bonds.